The van der Waals surface area contributed by atoms with Crippen molar-refractivity contribution < 1.29 is 4.39 Å². The van der Waals surface area contributed by atoms with E-state index in [9.17, 15) is 4.39 Å². The summed E-state index contributed by atoms with van der Waals surface area (Å²) >= 11 is 0. The van der Waals surface area contributed by atoms with Crippen LogP contribution < -0.4 is 11.3 Å². The second-order valence-corrected chi connectivity index (χ2v) is 5.99. The minimum Gasteiger partial charge on any atom is -0.271 e. The van der Waals surface area contributed by atoms with E-state index in [2.05, 4.69) is 12.3 Å². The number of halogens is 1. The molecule has 0 heterocycles. The number of hydrogen-bond acceptors (Lipinski definition) is 2. The quantitative estimate of drug-likeness (QED) is 0.336. The fourth-order valence-corrected chi connectivity index (χ4v) is 2.65. The number of hydrazine groups is 1. The summed E-state index contributed by atoms with van der Waals surface area (Å²) in [6.45, 7) is 4.02. The van der Waals surface area contributed by atoms with E-state index in [-0.39, 0.29) is 11.9 Å². The minimum absolute atomic E-state index is 0.0557. The summed E-state index contributed by atoms with van der Waals surface area (Å²) in [6, 6.07) is 5.45. The van der Waals surface area contributed by atoms with Crippen molar-refractivity contribution in [3.05, 3.63) is 35.1 Å². The number of aryl methyl sites for hydroxylation is 1. The summed E-state index contributed by atoms with van der Waals surface area (Å²) in [5.41, 5.74) is 4.45. The molecule has 1 unspecified atom stereocenters. The highest BCUT2D eigenvalue weighted by Gasteiger charge is 2.10. The van der Waals surface area contributed by atoms with E-state index in [1.54, 1.807) is 13.0 Å². The lowest BCUT2D eigenvalue weighted by molar-refractivity contribution is 0.472. The maximum atomic E-state index is 13.6. The van der Waals surface area contributed by atoms with Gasteiger partial charge in [-0.15, -0.1) is 0 Å². The predicted molar refractivity (Wildman–Crippen MR) is 88.4 cm³/mol. The molecule has 0 fully saturated rings. The van der Waals surface area contributed by atoms with Crippen molar-refractivity contribution in [3.8, 4) is 0 Å². The molecule has 0 bridgehead atoms. The average molecular weight is 294 g/mol. The molecule has 0 aliphatic heterocycles. The van der Waals surface area contributed by atoms with Gasteiger partial charge in [-0.25, -0.2) is 4.39 Å². The Morgan fingerprint density at radius 2 is 1.67 bits per heavy atom. The zero-order valence-corrected chi connectivity index (χ0v) is 13.6. The second-order valence-electron chi connectivity index (χ2n) is 5.99. The standard InChI is InChI=1S/C18H31FN2/c1-3-4-5-6-7-8-9-10-11-18(21-20)16-13-12-15(2)17(19)14-16/h12-14,18,21H,3-11,20H2,1-2H3. The summed E-state index contributed by atoms with van der Waals surface area (Å²) in [5.74, 6) is 5.47. The van der Waals surface area contributed by atoms with Crippen LogP contribution in [-0.4, -0.2) is 0 Å². The Morgan fingerprint density at radius 3 is 2.24 bits per heavy atom. The van der Waals surface area contributed by atoms with Gasteiger partial charge in [0.2, 0.25) is 0 Å². The molecule has 0 radical (unpaired) electrons. The number of unbranched alkanes of at least 4 members (excludes halogenated alkanes) is 7. The number of hydrogen-bond donors (Lipinski definition) is 2. The fraction of sp³-hybridized carbons (Fsp3) is 0.667. The molecule has 1 aromatic rings. The van der Waals surface area contributed by atoms with E-state index in [1.165, 1.54) is 44.9 Å². The maximum Gasteiger partial charge on any atom is 0.126 e. The lowest BCUT2D eigenvalue weighted by atomic mass is 9.99. The van der Waals surface area contributed by atoms with Crippen LogP contribution in [-0.2, 0) is 0 Å². The van der Waals surface area contributed by atoms with E-state index in [1.807, 2.05) is 12.1 Å². The number of benzene rings is 1. The molecule has 0 amide bonds. The molecular weight excluding hydrogens is 263 g/mol. The first-order valence-electron chi connectivity index (χ1n) is 8.41. The molecular formula is C18H31FN2. The summed E-state index contributed by atoms with van der Waals surface area (Å²) in [4.78, 5) is 0. The summed E-state index contributed by atoms with van der Waals surface area (Å²) < 4.78 is 13.6. The fourth-order valence-electron chi connectivity index (χ4n) is 2.65. The SMILES string of the molecule is CCCCCCCCCCC(NN)c1ccc(C)c(F)c1. The topological polar surface area (TPSA) is 38.0 Å². The second kappa shape index (κ2) is 10.7. The highest BCUT2D eigenvalue weighted by atomic mass is 19.1. The summed E-state index contributed by atoms with van der Waals surface area (Å²) in [7, 11) is 0. The van der Waals surface area contributed by atoms with Gasteiger partial charge in [-0.05, 0) is 30.5 Å². The molecule has 3 heteroatoms. The van der Waals surface area contributed by atoms with Gasteiger partial charge in [-0.3, -0.25) is 11.3 Å². The molecule has 0 aromatic heterocycles. The zero-order chi connectivity index (χ0) is 15.5. The van der Waals surface area contributed by atoms with Crippen LogP contribution in [0.1, 0.15) is 81.9 Å². The lowest BCUT2D eigenvalue weighted by Crippen LogP contribution is -2.28. The van der Waals surface area contributed by atoms with Gasteiger partial charge in [0.25, 0.3) is 0 Å². The maximum absolute atomic E-state index is 13.6. The first-order chi connectivity index (χ1) is 10.2. The third kappa shape index (κ3) is 7.05. The van der Waals surface area contributed by atoms with Gasteiger partial charge < -0.3 is 0 Å². The smallest absolute Gasteiger partial charge is 0.126 e. The number of nitrogens with two attached hydrogens (primary N) is 1. The molecule has 1 rings (SSSR count). The highest BCUT2D eigenvalue weighted by molar-refractivity contribution is 5.25. The molecule has 2 nitrogen and oxygen atoms in total. The Hall–Kier alpha value is -0.930. The Labute approximate surface area is 129 Å². The number of nitrogens with one attached hydrogen (secondary N) is 1. The third-order valence-electron chi connectivity index (χ3n) is 4.15. The van der Waals surface area contributed by atoms with E-state index >= 15 is 0 Å². The van der Waals surface area contributed by atoms with Gasteiger partial charge >= 0.3 is 0 Å². The molecule has 0 spiro atoms. The normalized spacial score (nSPS) is 12.6. The highest BCUT2D eigenvalue weighted by Crippen LogP contribution is 2.21. The van der Waals surface area contributed by atoms with Crippen LogP contribution in [0.25, 0.3) is 0 Å². The van der Waals surface area contributed by atoms with Gasteiger partial charge in [-0.2, -0.15) is 0 Å². The van der Waals surface area contributed by atoms with Crippen molar-refractivity contribution in [2.45, 2.75) is 77.7 Å². The van der Waals surface area contributed by atoms with Crippen LogP contribution in [0.5, 0.6) is 0 Å². The van der Waals surface area contributed by atoms with E-state index in [0.717, 1.165) is 18.4 Å². The van der Waals surface area contributed by atoms with Crippen molar-refractivity contribution in [1.82, 2.24) is 5.43 Å². The Balaban J connectivity index is 2.23. The van der Waals surface area contributed by atoms with Crippen LogP contribution in [0.3, 0.4) is 0 Å². The average Bonchev–Trinajstić information content (AvgIpc) is 2.49. The third-order valence-corrected chi connectivity index (χ3v) is 4.15. The molecule has 0 saturated heterocycles. The van der Waals surface area contributed by atoms with Crippen LogP contribution in [0.15, 0.2) is 18.2 Å². The summed E-state index contributed by atoms with van der Waals surface area (Å²) in [5, 5.41) is 0. The zero-order valence-electron chi connectivity index (χ0n) is 13.6. The molecule has 120 valence electrons. The van der Waals surface area contributed by atoms with Crippen LogP contribution in [0.4, 0.5) is 4.39 Å². The molecule has 0 aliphatic carbocycles. The monoisotopic (exact) mass is 294 g/mol. The van der Waals surface area contributed by atoms with E-state index in [0.29, 0.717) is 5.56 Å². The predicted octanol–water partition coefficient (Wildman–Crippen LogP) is 5.17. The van der Waals surface area contributed by atoms with Gasteiger partial charge in [0.05, 0.1) is 0 Å². The van der Waals surface area contributed by atoms with E-state index in [4.69, 9.17) is 5.84 Å². The lowest BCUT2D eigenvalue weighted by Gasteiger charge is -2.16. The molecule has 0 saturated carbocycles. The first kappa shape index (κ1) is 18.1. The molecule has 1 aromatic carbocycles. The molecule has 1 atom stereocenters. The van der Waals surface area contributed by atoms with Gasteiger partial charge in [0, 0.05) is 6.04 Å². The van der Waals surface area contributed by atoms with Crippen LogP contribution in [0.2, 0.25) is 0 Å². The van der Waals surface area contributed by atoms with Crippen molar-refractivity contribution in [2.75, 3.05) is 0 Å². The number of rotatable bonds is 11. The molecule has 21 heavy (non-hydrogen) atoms. The Bertz CT molecular complexity index is 393. The summed E-state index contributed by atoms with van der Waals surface area (Å²) in [6.07, 6.45) is 11.4. The Morgan fingerprint density at radius 1 is 1.05 bits per heavy atom. The van der Waals surface area contributed by atoms with E-state index < -0.39 is 0 Å². The van der Waals surface area contributed by atoms with Gasteiger partial charge in [-0.1, -0.05) is 70.4 Å². The van der Waals surface area contributed by atoms with Gasteiger partial charge in [0.15, 0.2) is 0 Å². The van der Waals surface area contributed by atoms with Crippen LogP contribution >= 0.6 is 0 Å². The van der Waals surface area contributed by atoms with Crippen molar-refractivity contribution in [3.63, 3.8) is 0 Å². The van der Waals surface area contributed by atoms with Crippen molar-refractivity contribution in [1.29, 1.82) is 0 Å². The largest absolute Gasteiger partial charge is 0.271 e. The van der Waals surface area contributed by atoms with Crippen molar-refractivity contribution in [2.24, 2.45) is 5.84 Å². The molecule has 0 aliphatic rings. The first-order valence-corrected chi connectivity index (χ1v) is 8.41. The van der Waals surface area contributed by atoms with Crippen molar-refractivity contribution >= 4 is 0 Å². The Kier molecular flexibility index (Phi) is 9.27. The van der Waals surface area contributed by atoms with Crippen LogP contribution in [0, 0.1) is 12.7 Å². The molecule has 3 N–H and O–H groups in total. The minimum atomic E-state index is -0.149. The van der Waals surface area contributed by atoms with Gasteiger partial charge in [0.1, 0.15) is 5.82 Å².